The first-order valence-electron chi connectivity index (χ1n) is 5.27. The summed E-state index contributed by atoms with van der Waals surface area (Å²) in [7, 11) is 1.38. The minimum absolute atomic E-state index is 0.0864. The number of carboxylic acids is 1. The maximum Gasteiger partial charge on any atom is 0.362 e. The van der Waals surface area contributed by atoms with E-state index in [1.54, 1.807) is 0 Å². The molecule has 11 nitrogen and oxygen atoms in total. The van der Waals surface area contributed by atoms with Gasteiger partial charge in [-0.3, -0.25) is 9.48 Å². The topological polar surface area (TPSA) is 156 Å². The van der Waals surface area contributed by atoms with E-state index >= 15 is 0 Å². The Morgan fingerprint density at radius 2 is 2.24 bits per heavy atom. The van der Waals surface area contributed by atoms with Crippen LogP contribution in [0.1, 0.15) is 21.0 Å². The average molecular weight is 315 g/mol. The molecule has 0 aliphatic carbocycles. The third-order valence-corrected chi connectivity index (χ3v) is 2.83. The second-order valence-electron chi connectivity index (χ2n) is 3.78. The van der Waals surface area contributed by atoms with Gasteiger partial charge in [-0.2, -0.15) is 5.10 Å². The number of nitro groups is 1. The van der Waals surface area contributed by atoms with Gasteiger partial charge in [0.05, 0.1) is 11.9 Å². The summed E-state index contributed by atoms with van der Waals surface area (Å²) in [6.07, 6.45) is 1.12. The van der Waals surface area contributed by atoms with E-state index in [1.807, 2.05) is 5.10 Å². The molecule has 0 unspecified atom stereocenters. The largest absolute Gasteiger partial charge is 0.476 e. The first-order valence-corrected chi connectivity index (χ1v) is 5.65. The van der Waals surface area contributed by atoms with Crippen LogP contribution in [0.25, 0.3) is 0 Å². The Morgan fingerprint density at radius 3 is 2.76 bits per heavy atom. The van der Waals surface area contributed by atoms with E-state index in [1.165, 1.54) is 7.05 Å². The number of nitrogens with zero attached hydrogens (tertiary/aromatic N) is 4. The van der Waals surface area contributed by atoms with Crippen LogP contribution in [0.3, 0.4) is 0 Å². The van der Waals surface area contributed by atoms with Crippen molar-refractivity contribution in [1.82, 2.24) is 20.0 Å². The minimum atomic E-state index is -1.30. The van der Waals surface area contributed by atoms with Gasteiger partial charge in [-0.05, 0) is 4.92 Å². The van der Waals surface area contributed by atoms with Gasteiger partial charge >= 0.3 is 11.8 Å². The molecule has 2 heterocycles. The molecule has 21 heavy (non-hydrogen) atoms. The van der Waals surface area contributed by atoms with E-state index < -0.39 is 33.3 Å². The van der Waals surface area contributed by atoms with Crippen LogP contribution in [0.2, 0.25) is 5.02 Å². The molecule has 0 bridgehead atoms. The van der Waals surface area contributed by atoms with Gasteiger partial charge in [0.15, 0.2) is 16.4 Å². The fourth-order valence-corrected chi connectivity index (χ4v) is 1.79. The molecule has 1 amide bonds. The van der Waals surface area contributed by atoms with Crippen molar-refractivity contribution in [3.8, 4) is 0 Å². The number of H-pyrrole nitrogens is 1. The fraction of sp³-hybridized carbons (Fsp3) is 0.111. The molecule has 2 rings (SSSR count). The molecular weight excluding hydrogens is 308 g/mol. The zero-order valence-corrected chi connectivity index (χ0v) is 11.1. The number of aromatic amines is 1. The van der Waals surface area contributed by atoms with Crippen molar-refractivity contribution in [2.75, 3.05) is 5.32 Å². The van der Waals surface area contributed by atoms with Gasteiger partial charge in [-0.25, -0.2) is 4.79 Å². The molecule has 0 aliphatic rings. The number of aromatic nitrogens is 4. The lowest BCUT2D eigenvalue weighted by atomic mass is 10.3. The number of hydrogen-bond acceptors (Lipinski definition) is 6. The number of anilines is 1. The van der Waals surface area contributed by atoms with Crippen LogP contribution in [-0.4, -0.2) is 41.9 Å². The standard InChI is InChI=1S/C9H7ClN6O5/c1-15-6(9(18)19)3(2-11-15)12-8(17)5-4(10)7(14-13-5)16(20)21/h2H,1H3,(H,12,17)(H,13,14)(H,18,19). The van der Waals surface area contributed by atoms with Crippen molar-refractivity contribution >= 4 is 35.0 Å². The highest BCUT2D eigenvalue weighted by Gasteiger charge is 2.27. The van der Waals surface area contributed by atoms with E-state index in [9.17, 15) is 19.7 Å². The van der Waals surface area contributed by atoms with E-state index in [2.05, 4.69) is 15.5 Å². The summed E-state index contributed by atoms with van der Waals surface area (Å²) < 4.78 is 1.05. The Hall–Kier alpha value is -2.95. The Kier molecular flexibility index (Phi) is 3.58. The first-order chi connectivity index (χ1) is 9.82. The number of halogens is 1. The monoisotopic (exact) mass is 314 g/mol. The lowest BCUT2D eigenvalue weighted by Gasteiger charge is -2.02. The number of rotatable bonds is 4. The summed E-state index contributed by atoms with van der Waals surface area (Å²) in [5, 5.41) is 30.5. The number of aryl methyl sites for hydroxylation is 1. The molecule has 0 radical (unpaired) electrons. The maximum atomic E-state index is 11.9. The number of aromatic carboxylic acids is 1. The Balaban J connectivity index is 2.31. The van der Waals surface area contributed by atoms with Crippen molar-refractivity contribution in [3.63, 3.8) is 0 Å². The summed E-state index contributed by atoms with van der Waals surface area (Å²) in [6.45, 7) is 0. The highest BCUT2D eigenvalue weighted by Crippen LogP contribution is 2.25. The van der Waals surface area contributed by atoms with Gasteiger partial charge in [0, 0.05) is 7.05 Å². The molecule has 2 aromatic rings. The molecule has 0 aromatic carbocycles. The summed E-state index contributed by atoms with van der Waals surface area (Å²) in [5.41, 5.74) is -0.773. The second-order valence-corrected chi connectivity index (χ2v) is 4.16. The smallest absolute Gasteiger partial charge is 0.362 e. The SMILES string of the molecule is Cn1ncc(NC(=O)c2n[nH]c([N+](=O)[O-])c2Cl)c1C(=O)O. The summed E-state index contributed by atoms with van der Waals surface area (Å²) in [5.74, 6) is -2.84. The molecule has 0 fully saturated rings. The van der Waals surface area contributed by atoms with Crippen LogP contribution in [0.4, 0.5) is 11.5 Å². The van der Waals surface area contributed by atoms with Crippen molar-refractivity contribution in [2.24, 2.45) is 7.05 Å². The Labute approximate surface area is 120 Å². The molecule has 0 saturated carbocycles. The third kappa shape index (κ3) is 2.53. The number of carbonyl (C=O) groups excluding carboxylic acids is 1. The number of hydrogen-bond donors (Lipinski definition) is 3. The Bertz CT molecular complexity index is 750. The summed E-state index contributed by atoms with van der Waals surface area (Å²) >= 11 is 5.65. The molecule has 0 aliphatic heterocycles. The molecule has 2 aromatic heterocycles. The number of amides is 1. The molecule has 0 spiro atoms. The van der Waals surface area contributed by atoms with E-state index in [0.717, 1.165) is 10.9 Å². The van der Waals surface area contributed by atoms with E-state index in [0.29, 0.717) is 0 Å². The Morgan fingerprint density at radius 1 is 1.57 bits per heavy atom. The van der Waals surface area contributed by atoms with Crippen LogP contribution in [0.15, 0.2) is 6.20 Å². The molecular formula is C9H7ClN6O5. The van der Waals surface area contributed by atoms with Gasteiger partial charge in [-0.1, -0.05) is 16.7 Å². The van der Waals surface area contributed by atoms with Gasteiger partial charge in [0.25, 0.3) is 5.91 Å². The maximum absolute atomic E-state index is 11.9. The number of carboxylic acid groups (broad SMARTS) is 1. The summed E-state index contributed by atoms with van der Waals surface area (Å²) in [6, 6.07) is 0. The normalized spacial score (nSPS) is 10.4. The number of nitrogens with one attached hydrogen (secondary N) is 2. The lowest BCUT2D eigenvalue weighted by Crippen LogP contribution is -2.16. The van der Waals surface area contributed by atoms with Crippen LogP contribution in [-0.2, 0) is 7.05 Å². The van der Waals surface area contributed by atoms with E-state index in [-0.39, 0.29) is 11.4 Å². The van der Waals surface area contributed by atoms with Crippen LogP contribution in [0, 0.1) is 10.1 Å². The van der Waals surface area contributed by atoms with Crippen LogP contribution in [0.5, 0.6) is 0 Å². The average Bonchev–Trinajstić information content (AvgIpc) is 2.92. The molecule has 3 N–H and O–H groups in total. The predicted molar refractivity (Wildman–Crippen MR) is 68.4 cm³/mol. The minimum Gasteiger partial charge on any atom is -0.476 e. The molecule has 0 saturated heterocycles. The fourth-order valence-electron chi connectivity index (χ4n) is 1.55. The summed E-state index contributed by atoms with van der Waals surface area (Å²) in [4.78, 5) is 32.7. The van der Waals surface area contributed by atoms with Crippen LogP contribution >= 0.6 is 11.6 Å². The second kappa shape index (κ2) is 5.20. The first kappa shape index (κ1) is 14.5. The van der Waals surface area contributed by atoms with Crippen molar-refractivity contribution in [2.45, 2.75) is 0 Å². The lowest BCUT2D eigenvalue weighted by molar-refractivity contribution is -0.389. The molecule has 0 atom stereocenters. The van der Waals surface area contributed by atoms with Gasteiger partial charge in [0.1, 0.15) is 0 Å². The highest BCUT2D eigenvalue weighted by atomic mass is 35.5. The number of carbonyl (C=O) groups is 2. The van der Waals surface area contributed by atoms with Gasteiger partial charge in [-0.15, -0.1) is 5.10 Å². The van der Waals surface area contributed by atoms with Crippen molar-refractivity contribution in [3.05, 3.63) is 32.7 Å². The molecule has 110 valence electrons. The third-order valence-electron chi connectivity index (χ3n) is 2.48. The predicted octanol–water partition coefficient (Wildman–Crippen LogP) is 0.655. The van der Waals surface area contributed by atoms with E-state index in [4.69, 9.17) is 16.7 Å². The van der Waals surface area contributed by atoms with Gasteiger partial charge in [0.2, 0.25) is 0 Å². The molecule has 12 heteroatoms. The quantitative estimate of drug-likeness (QED) is 0.552. The van der Waals surface area contributed by atoms with Crippen LogP contribution < -0.4 is 5.32 Å². The van der Waals surface area contributed by atoms with Crippen molar-refractivity contribution < 1.29 is 19.6 Å². The highest BCUT2D eigenvalue weighted by molar-refractivity contribution is 6.36. The zero-order valence-electron chi connectivity index (χ0n) is 10.3. The van der Waals surface area contributed by atoms with Crippen molar-refractivity contribution in [1.29, 1.82) is 0 Å². The zero-order chi connectivity index (χ0) is 15.7. The van der Waals surface area contributed by atoms with Gasteiger partial charge < -0.3 is 20.5 Å².